The van der Waals surface area contributed by atoms with E-state index in [9.17, 15) is 14.7 Å². The second-order valence-corrected chi connectivity index (χ2v) is 7.77. The lowest BCUT2D eigenvalue weighted by molar-refractivity contribution is -0.137. The lowest BCUT2D eigenvalue weighted by atomic mass is 10.1. The number of aryl methyl sites for hydroxylation is 2. The number of fused-ring (bicyclic) bond motifs is 1. The van der Waals surface area contributed by atoms with Gasteiger partial charge >= 0.3 is 5.97 Å². The molecule has 0 spiro atoms. The van der Waals surface area contributed by atoms with Gasteiger partial charge in [-0.3, -0.25) is 14.5 Å². The summed E-state index contributed by atoms with van der Waals surface area (Å²) in [7, 11) is 1.77. The molecule has 152 valence electrons. The number of carboxylic acid groups (broad SMARTS) is 1. The van der Waals surface area contributed by atoms with E-state index in [0.717, 1.165) is 33.3 Å². The van der Waals surface area contributed by atoms with Crippen molar-refractivity contribution in [1.82, 2.24) is 9.47 Å². The fourth-order valence-electron chi connectivity index (χ4n) is 3.66. The van der Waals surface area contributed by atoms with E-state index in [0.29, 0.717) is 10.8 Å². The van der Waals surface area contributed by atoms with Gasteiger partial charge in [-0.25, -0.2) is 0 Å². The maximum absolute atomic E-state index is 13.3. The van der Waals surface area contributed by atoms with E-state index in [1.165, 1.54) is 4.90 Å². The van der Waals surface area contributed by atoms with Crippen molar-refractivity contribution in [1.29, 1.82) is 0 Å². The monoisotopic (exact) mass is 419 g/mol. The van der Waals surface area contributed by atoms with Gasteiger partial charge in [0.25, 0.3) is 5.91 Å². The first-order valence-corrected chi connectivity index (χ1v) is 9.89. The number of likely N-dealkylation sites (N-methyl/N-ethyl adjacent to an activating group) is 1. The Morgan fingerprint density at radius 1 is 1.13 bits per heavy atom. The molecule has 1 saturated heterocycles. The zero-order valence-electron chi connectivity index (χ0n) is 16.9. The first-order chi connectivity index (χ1) is 14.3. The van der Waals surface area contributed by atoms with Gasteiger partial charge in [0.1, 0.15) is 12.2 Å². The Bertz CT molecular complexity index is 1240. The van der Waals surface area contributed by atoms with Crippen molar-refractivity contribution in [2.75, 3.05) is 11.9 Å². The molecule has 0 unspecified atom stereocenters. The van der Waals surface area contributed by atoms with E-state index in [4.69, 9.17) is 12.2 Å². The van der Waals surface area contributed by atoms with Gasteiger partial charge in [0, 0.05) is 29.7 Å². The van der Waals surface area contributed by atoms with Crippen LogP contribution in [0.4, 0.5) is 5.69 Å². The number of para-hydroxylation sites is 1. The molecule has 1 aromatic heterocycles. The smallest absolute Gasteiger partial charge is 0.323 e. The molecule has 1 fully saturated rings. The molecule has 1 aliphatic rings. The predicted molar refractivity (Wildman–Crippen MR) is 121 cm³/mol. The van der Waals surface area contributed by atoms with Crippen molar-refractivity contribution >= 4 is 51.9 Å². The van der Waals surface area contributed by atoms with E-state index >= 15 is 0 Å². The molecule has 1 N–H and O–H groups in total. The molecular weight excluding hydrogens is 398 g/mol. The third-order valence-electron chi connectivity index (χ3n) is 5.43. The van der Waals surface area contributed by atoms with Gasteiger partial charge in [-0.05, 0) is 61.5 Å². The Kier molecular flexibility index (Phi) is 4.91. The summed E-state index contributed by atoms with van der Waals surface area (Å²) >= 11 is 5.56. The Morgan fingerprint density at radius 3 is 2.57 bits per heavy atom. The van der Waals surface area contributed by atoms with Crippen LogP contribution in [0.25, 0.3) is 17.0 Å². The number of amides is 1. The van der Waals surface area contributed by atoms with Crippen LogP contribution in [0.3, 0.4) is 0 Å². The first kappa shape index (κ1) is 19.8. The second kappa shape index (κ2) is 7.42. The van der Waals surface area contributed by atoms with Crippen LogP contribution in [0.15, 0.2) is 54.4 Å². The van der Waals surface area contributed by atoms with Crippen LogP contribution < -0.4 is 4.90 Å². The van der Waals surface area contributed by atoms with Gasteiger partial charge in [0.05, 0.1) is 5.69 Å². The van der Waals surface area contributed by atoms with Crippen molar-refractivity contribution < 1.29 is 14.7 Å². The highest BCUT2D eigenvalue weighted by Gasteiger charge is 2.37. The number of aliphatic carboxylic acids is 1. The SMILES string of the molecule is Cc1ccc(N2C(=O)/C(=C/c3cn(CC(=O)O)c4ccccc34)N(C)C2=S)cc1C. The lowest BCUT2D eigenvalue weighted by Crippen LogP contribution is -2.31. The number of hydrogen-bond donors (Lipinski definition) is 1. The number of hydrogen-bond acceptors (Lipinski definition) is 3. The molecule has 0 atom stereocenters. The summed E-state index contributed by atoms with van der Waals surface area (Å²) < 4.78 is 1.67. The van der Waals surface area contributed by atoms with Crippen molar-refractivity contribution in [3.8, 4) is 0 Å². The second-order valence-electron chi connectivity index (χ2n) is 7.40. The first-order valence-electron chi connectivity index (χ1n) is 9.48. The predicted octanol–water partition coefficient (Wildman–Crippen LogP) is 3.95. The molecule has 0 aliphatic carbocycles. The third kappa shape index (κ3) is 3.27. The van der Waals surface area contributed by atoms with Gasteiger partial charge in [0.15, 0.2) is 5.11 Å². The number of thiocarbonyl (C=S) groups is 1. The maximum atomic E-state index is 13.3. The molecule has 2 aromatic carbocycles. The summed E-state index contributed by atoms with van der Waals surface area (Å²) in [5.41, 5.74) is 4.97. The molecule has 30 heavy (non-hydrogen) atoms. The molecule has 6 nitrogen and oxygen atoms in total. The highest BCUT2D eigenvalue weighted by Crippen LogP contribution is 2.31. The van der Waals surface area contributed by atoms with Crippen LogP contribution in [0.2, 0.25) is 0 Å². The van der Waals surface area contributed by atoms with E-state index in [1.807, 2.05) is 56.3 Å². The van der Waals surface area contributed by atoms with Gasteiger partial charge in [-0.15, -0.1) is 0 Å². The molecule has 4 rings (SSSR count). The van der Waals surface area contributed by atoms with E-state index in [2.05, 4.69) is 0 Å². The topological polar surface area (TPSA) is 65.8 Å². The number of benzene rings is 2. The average Bonchev–Trinajstić information content (AvgIpc) is 3.14. The summed E-state index contributed by atoms with van der Waals surface area (Å²) in [5.74, 6) is -1.13. The minimum absolute atomic E-state index is 0.152. The van der Waals surface area contributed by atoms with Crippen LogP contribution in [-0.2, 0) is 16.1 Å². The summed E-state index contributed by atoms with van der Waals surface area (Å²) in [6, 6.07) is 13.4. The minimum Gasteiger partial charge on any atom is -0.480 e. The Labute approximate surface area is 179 Å². The number of nitrogens with zero attached hydrogens (tertiary/aromatic N) is 3. The molecule has 0 bridgehead atoms. The Balaban J connectivity index is 1.79. The third-order valence-corrected chi connectivity index (χ3v) is 5.88. The fourth-order valence-corrected chi connectivity index (χ4v) is 3.95. The molecule has 0 radical (unpaired) electrons. The van der Waals surface area contributed by atoms with Crippen LogP contribution in [-0.4, -0.2) is 38.6 Å². The van der Waals surface area contributed by atoms with Gasteiger partial charge in [-0.2, -0.15) is 0 Å². The van der Waals surface area contributed by atoms with Crippen molar-refractivity contribution in [2.45, 2.75) is 20.4 Å². The number of carbonyl (C=O) groups is 2. The number of rotatable bonds is 4. The van der Waals surface area contributed by atoms with E-state index < -0.39 is 5.97 Å². The van der Waals surface area contributed by atoms with Crippen LogP contribution in [0.1, 0.15) is 16.7 Å². The van der Waals surface area contributed by atoms with Crippen LogP contribution in [0, 0.1) is 13.8 Å². The molecule has 7 heteroatoms. The number of anilines is 1. The molecule has 3 aromatic rings. The number of aromatic nitrogens is 1. The summed E-state index contributed by atoms with van der Waals surface area (Å²) in [6.45, 7) is 3.87. The Hall–Kier alpha value is -3.45. The number of carbonyl (C=O) groups excluding carboxylic acids is 1. The summed E-state index contributed by atoms with van der Waals surface area (Å²) in [4.78, 5) is 27.7. The quantitative estimate of drug-likeness (QED) is 0.512. The summed E-state index contributed by atoms with van der Waals surface area (Å²) in [6.07, 6.45) is 3.53. The zero-order chi connectivity index (χ0) is 21.6. The van der Waals surface area contributed by atoms with Crippen LogP contribution >= 0.6 is 12.2 Å². The Morgan fingerprint density at radius 2 is 1.87 bits per heavy atom. The van der Waals surface area contributed by atoms with Crippen molar-refractivity contribution in [2.24, 2.45) is 0 Å². The van der Waals surface area contributed by atoms with E-state index in [-0.39, 0.29) is 12.5 Å². The lowest BCUT2D eigenvalue weighted by Gasteiger charge is -2.17. The zero-order valence-corrected chi connectivity index (χ0v) is 17.7. The normalized spacial score (nSPS) is 15.6. The minimum atomic E-state index is -0.925. The molecule has 2 heterocycles. The molecule has 1 amide bonds. The standard InChI is InChI=1S/C23H21N3O3S/c1-14-8-9-17(10-15(14)2)26-22(29)20(24(3)23(26)30)11-16-12-25(13-21(27)28)19-7-5-4-6-18(16)19/h4-12H,13H2,1-3H3,(H,27,28)/b20-11-. The van der Waals surface area contributed by atoms with Crippen molar-refractivity contribution in [3.63, 3.8) is 0 Å². The number of carboxylic acids is 1. The average molecular weight is 420 g/mol. The summed E-state index contributed by atoms with van der Waals surface area (Å²) in [5, 5.41) is 10.5. The highest BCUT2D eigenvalue weighted by atomic mass is 32.1. The maximum Gasteiger partial charge on any atom is 0.323 e. The van der Waals surface area contributed by atoms with Gasteiger partial charge < -0.3 is 14.6 Å². The molecular formula is C23H21N3O3S. The van der Waals surface area contributed by atoms with E-state index in [1.54, 1.807) is 28.8 Å². The fraction of sp³-hybridized carbons (Fsp3) is 0.174. The van der Waals surface area contributed by atoms with Gasteiger partial charge in [0.2, 0.25) is 0 Å². The van der Waals surface area contributed by atoms with Crippen LogP contribution in [0.5, 0.6) is 0 Å². The molecule has 1 aliphatic heterocycles. The van der Waals surface area contributed by atoms with Crippen molar-refractivity contribution in [3.05, 3.63) is 71.0 Å². The largest absolute Gasteiger partial charge is 0.480 e. The van der Waals surface area contributed by atoms with Gasteiger partial charge in [-0.1, -0.05) is 24.3 Å². The molecule has 0 saturated carbocycles. The highest BCUT2D eigenvalue weighted by molar-refractivity contribution is 7.80.